The fraction of sp³-hybridized carbons (Fsp3) is 0.588. The lowest BCUT2D eigenvalue weighted by atomic mass is 10.1. The molecule has 0 N–H and O–H groups in total. The van der Waals surface area contributed by atoms with Gasteiger partial charge in [0, 0.05) is 20.1 Å². The number of aromatic nitrogens is 4. The number of aryl methyl sites for hydroxylation is 1. The molecule has 0 amide bonds. The first-order chi connectivity index (χ1) is 11.4. The summed E-state index contributed by atoms with van der Waals surface area (Å²) in [5.74, 6) is 2.68. The molecular formula is C17H25N5OS. The van der Waals surface area contributed by atoms with Crippen molar-refractivity contribution in [2.45, 2.75) is 34.2 Å². The fourth-order valence-corrected chi connectivity index (χ4v) is 4.04. The first-order valence-electron chi connectivity index (χ1n) is 8.41. The third-order valence-corrected chi connectivity index (χ3v) is 4.90. The molecule has 0 aliphatic heterocycles. The lowest BCUT2D eigenvalue weighted by molar-refractivity contribution is 0.206. The fourth-order valence-electron chi connectivity index (χ4n) is 3.19. The number of rotatable bonds is 6. The highest BCUT2D eigenvalue weighted by atomic mass is 32.1. The summed E-state index contributed by atoms with van der Waals surface area (Å²) in [4.78, 5) is 14.8. The summed E-state index contributed by atoms with van der Waals surface area (Å²) in [6.07, 6.45) is 0. The van der Waals surface area contributed by atoms with Gasteiger partial charge in [-0.2, -0.15) is 0 Å². The van der Waals surface area contributed by atoms with Crippen LogP contribution in [0.5, 0.6) is 0 Å². The Bertz CT molecular complexity index is 895. The van der Waals surface area contributed by atoms with E-state index in [1.807, 2.05) is 15.8 Å². The highest BCUT2D eigenvalue weighted by molar-refractivity contribution is 7.17. The summed E-state index contributed by atoms with van der Waals surface area (Å²) in [6.45, 7) is 11.7. The third kappa shape index (κ3) is 3.10. The summed E-state index contributed by atoms with van der Waals surface area (Å²) in [7, 11) is 1.76. The van der Waals surface area contributed by atoms with Gasteiger partial charge in [-0.05, 0) is 23.3 Å². The van der Waals surface area contributed by atoms with E-state index in [1.165, 1.54) is 11.3 Å². The minimum Gasteiger partial charge on any atom is -0.295 e. The van der Waals surface area contributed by atoms with Crippen molar-refractivity contribution in [1.29, 1.82) is 0 Å². The van der Waals surface area contributed by atoms with Gasteiger partial charge in [0.15, 0.2) is 5.82 Å². The van der Waals surface area contributed by atoms with Crippen molar-refractivity contribution in [2.24, 2.45) is 18.9 Å². The van der Waals surface area contributed by atoms with Crippen LogP contribution in [0.4, 0.5) is 0 Å². The molecular weight excluding hydrogens is 322 g/mol. The van der Waals surface area contributed by atoms with Crippen molar-refractivity contribution in [3.63, 3.8) is 0 Å². The Balaban J connectivity index is 2.08. The number of fused-ring (bicyclic) bond motifs is 3. The standard InChI is InChI=1S/C17H25N5OS/c1-11(2)8-21(9-12(3)4)10-14-18-19-17-20(5)16(23)15-13(22(14)17)6-7-24-15/h6-7,11-12H,8-10H2,1-5H3. The van der Waals surface area contributed by atoms with Crippen LogP contribution in [0.25, 0.3) is 16.0 Å². The molecule has 0 aliphatic rings. The van der Waals surface area contributed by atoms with Gasteiger partial charge in [-0.25, -0.2) is 0 Å². The average molecular weight is 347 g/mol. The molecule has 3 heterocycles. The molecule has 130 valence electrons. The summed E-state index contributed by atoms with van der Waals surface area (Å²) < 4.78 is 4.37. The van der Waals surface area contributed by atoms with E-state index in [4.69, 9.17) is 0 Å². The SMILES string of the molecule is CC(C)CN(Cc1nnc2n(C)c(=O)c3sccc3n12)CC(C)C. The quantitative estimate of drug-likeness (QED) is 0.688. The van der Waals surface area contributed by atoms with Crippen molar-refractivity contribution >= 4 is 27.3 Å². The molecule has 0 fully saturated rings. The Morgan fingerprint density at radius 1 is 1.17 bits per heavy atom. The van der Waals surface area contributed by atoms with Gasteiger partial charge < -0.3 is 0 Å². The molecule has 0 unspecified atom stereocenters. The van der Waals surface area contributed by atoms with E-state index in [2.05, 4.69) is 42.8 Å². The van der Waals surface area contributed by atoms with Crippen LogP contribution in [0.3, 0.4) is 0 Å². The number of nitrogens with zero attached hydrogens (tertiary/aromatic N) is 5. The molecule has 0 bridgehead atoms. The van der Waals surface area contributed by atoms with Gasteiger partial charge in [-0.1, -0.05) is 27.7 Å². The van der Waals surface area contributed by atoms with Gasteiger partial charge in [0.25, 0.3) is 5.56 Å². The molecule has 3 aromatic rings. The Morgan fingerprint density at radius 3 is 2.46 bits per heavy atom. The smallest absolute Gasteiger partial charge is 0.272 e. The topological polar surface area (TPSA) is 55.4 Å². The van der Waals surface area contributed by atoms with Crippen LogP contribution in [-0.4, -0.2) is 37.2 Å². The predicted octanol–water partition coefficient (Wildman–Crippen LogP) is 2.76. The molecule has 0 saturated carbocycles. The second kappa shape index (κ2) is 6.64. The van der Waals surface area contributed by atoms with Crippen LogP contribution >= 0.6 is 11.3 Å². The van der Waals surface area contributed by atoms with Gasteiger partial charge in [0.1, 0.15) is 4.70 Å². The van der Waals surface area contributed by atoms with Crippen LogP contribution in [0.2, 0.25) is 0 Å². The molecule has 0 saturated heterocycles. The second-order valence-electron chi connectivity index (χ2n) is 7.23. The van der Waals surface area contributed by atoms with E-state index in [0.29, 0.717) is 17.6 Å². The highest BCUT2D eigenvalue weighted by Crippen LogP contribution is 2.20. The molecule has 0 atom stereocenters. The zero-order chi connectivity index (χ0) is 17.4. The number of hydrogen-bond donors (Lipinski definition) is 0. The van der Waals surface area contributed by atoms with E-state index < -0.39 is 0 Å². The van der Waals surface area contributed by atoms with Crippen LogP contribution in [0, 0.1) is 11.8 Å². The van der Waals surface area contributed by atoms with Crippen LogP contribution in [0.15, 0.2) is 16.2 Å². The summed E-state index contributed by atoms with van der Waals surface area (Å²) in [5.41, 5.74) is 0.903. The minimum atomic E-state index is -0.00679. The number of hydrogen-bond acceptors (Lipinski definition) is 5. The van der Waals surface area contributed by atoms with Crippen LogP contribution in [-0.2, 0) is 13.6 Å². The maximum atomic E-state index is 12.4. The lowest BCUT2D eigenvalue weighted by Gasteiger charge is -2.25. The van der Waals surface area contributed by atoms with Crippen molar-refractivity contribution in [3.05, 3.63) is 27.6 Å². The molecule has 0 aromatic carbocycles. The van der Waals surface area contributed by atoms with Crippen molar-refractivity contribution in [3.8, 4) is 0 Å². The van der Waals surface area contributed by atoms with E-state index in [1.54, 1.807) is 11.6 Å². The highest BCUT2D eigenvalue weighted by Gasteiger charge is 2.18. The van der Waals surface area contributed by atoms with Crippen molar-refractivity contribution in [2.75, 3.05) is 13.1 Å². The molecule has 0 radical (unpaired) electrons. The molecule has 3 rings (SSSR count). The zero-order valence-electron chi connectivity index (χ0n) is 15.0. The molecule has 7 heteroatoms. The Hall–Kier alpha value is -1.73. The van der Waals surface area contributed by atoms with Gasteiger partial charge in [0.05, 0.1) is 12.1 Å². The van der Waals surface area contributed by atoms with E-state index in [0.717, 1.165) is 35.7 Å². The van der Waals surface area contributed by atoms with E-state index >= 15 is 0 Å². The lowest BCUT2D eigenvalue weighted by Crippen LogP contribution is -2.32. The third-order valence-electron chi connectivity index (χ3n) is 4.01. The zero-order valence-corrected chi connectivity index (χ0v) is 15.8. The first kappa shape index (κ1) is 17.1. The van der Waals surface area contributed by atoms with E-state index in [9.17, 15) is 4.79 Å². The van der Waals surface area contributed by atoms with Gasteiger partial charge in [-0.15, -0.1) is 21.5 Å². The monoisotopic (exact) mass is 347 g/mol. The van der Waals surface area contributed by atoms with E-state index in [-0.39, 0.29) is 5.56 Å². The molecule has 0 spiro atoms. The maximum Gasteiger partial charge on any atom is 0.272 e. The summed E-state index contributed by atoms with van der Waals surface area (Å²) in [6, 6.07) is 1.98. The predicted molar refractivity (Wildman–Crippen MR) is 98.6 cm³/mol. The largest absolute Gasteiger partial charge is 0.295 e. The van der Waals surface area contributed by atoms with Crippen molar-refractivity contribution < 1.29 is 0 Å². The normalized spacial score (nSPS) is 12.5. The molecule has 6 nitrogen and oxygen atoms in total. The van der Waals surface area contributed by atoms with Crippen LogP contribution < -0.4 is 5.56 Å². The van der Waals surface area contributed by atoms with Gasteiger partial charge >= 0.3 is 0 Å². The molecule has 0 aliphatic carbocycles. The summed E-state index contributed by atoms with van der Waals surface area (Å²) >= 11 is 1.47. The second-order valence-corrected chi connectivity index (χ2v) is 8.15. The summed E-state index contributed by atoms with van der Waals surface area (Å²) in [5, 5.41) is 10.6. The molecule has 3 aromatic heterocycles. The minimum absolute atomic E-state index is 0.00679. The van der Waals surface area contributed by atoms with Gasteiger partial charge in [0.2, 0.25) is 5.78 Å². The Labute approximate surface area is 145 Å². The molecule has 24 heavy (non-hydrogen) atoms. The Morgan fingerprint density at radius 2 is 1.83 bits per heavy atom. The van der Waals surface area contributed by atoms with Gasteiger partial charge in [-0.3, -0.25) is 18.7 Å². The average Bonchev–Trinajstić information content (AvgIpc) is 3.09. The maximum absolute atomic E-state index is 12.4. The van der Waals surface area contributed by atoms with Crippen molar-refractivity contribution in [1.82, 2.24) is 24.1 Å². The first-order valence-corrected chi connectivity index (χ1v) is 9.29. The Kier molecular flexibility index (Phi) is 4.73. The number of thiophene rings is 1. The van der Waals surface area contributed by atoms with Crippen LogP contribution in [0.1, 0.15) is 33.5 Å².